The molecule has 37 heavy (non-hydrogen) atoms. The third-order valence-corrected chi connectivity index (χ3v) is 7.94. The SMILES string of the molecule is CCc1c(-c2ccc(-c3ccc(-c4oc5cc(C)c(C)cc5c4C)cc3)cc2)oc2cc(C)c(C)cc12. The van der Waals surface area contributed by atoms with Crippen LogP contribution in [-0.2, 0) is 6.42 Å². The Hall–Kier alpha value is -4.04. The Labute approximate surface area is 218 Å². The summed E-state index contributed by atoms with van der Waals surface area (Å²) in [5.41, 5.74) is 14.1. The minimum atomic E-state index is 0.939. The molecule has 0 saturated carbocycles. The van der Waals surface area contributed by atoms with Gasteiger partial charge in [0.1, 0.15) is 22.7 Å². The molecule has 2 heterocycles. The van der Waals surface area contributed by atoms with E-state index >= 15 is 0 Å². The number of furan rings is 2. The van der Waals surface area contributed by atoms with E-state index in [-0.39, 0.29) is 0 Å². The summed E-state index contributed by atoms with van der Waals surface area (Å²) in [4.78, 5) is 0. The third kappa shape index (κ3) is 3.88. The van der Waals surface area contributed by atoms with Gasteiger partial charge in [-0.15, -0.1) is 0 Å². The molecule has 184 valence electrons. The van der Waals surface area contributed by atoms with Crippen molar-refractivity contribution in [3.05, 3.63) is 106 Å². The lowest BCUT2D eigenvalue weighted by Crippen LogP contribution is -1.85. The quantitative estimate of drug-likeness (QED) is 0.249. The molecule has 0 saturated heterocycles. The van der Waals surface area contributed by atoms with Crippen LogP contribution in [0.5, 0.6) is 0 Å². The van der Waals surface area contributed by atoms with E-state index in [9.17, 15) is 0 Å². The predicted molar refractivity (Wildman–Crippen MR) is 155 cm³/mol. The molecule has 4 aromatic carbocycles. The average molecular weight is 485 g/mol. The van der Waals surface area contributed by atoms with E-state index in [0.717, 1.165) is 40.2 Å². The standard InChI is InChI=1S/C35H32O2/c1-7-29-31-17-21(3)23(5)19-33(31)37-35(29)28-14-10-26(11-15-28)25-8-12-27(13-9-25)34-24(6)30-16-20(2)22(4)18-32(30)36-34/h8-19H,7H2,1-6H3. The van der Waals surface area contributed by atoms with Crippen molar-refractivity contribution in [3.8, 4) is 33.8 Å². The van der Waals surface area contributed by atoms with E-state index in [2.05, 4.69) is 114 Å². The summed E-state index contributed by atoms with van der Waals surface area (Å²) in [6.45, 7) is 12.9. The zero-order valence-corrected chi connectivity index (χ0v) is 22.5. The maximum absolute atomic E-state index is 6.36. The predicted octanol–water partition coefficient (Wildman–Crippen LogP) is 10.3. The van der Waals surface area contributed by atoms with Crippen LogP contribution in [-0.4, -0.2) is 0 Å². The summed E-state index contributed by atoms with van der Waals surface area (Å²) < 4.78 is 12.6. The molecular formula is C35H32O2. The van der Waals surface area contributed by atoms with Crippen molar-refractivity contribution in [2.24, 2.45) is 0 Å². The molecule has 2 heteroatoms. The smallest absolute Gasteiger partial charge is 0.138 e. The van der Waals surface area contributed by atoms with Gasteiger partial charge in [0.25, 0.3) is 0 Å². The van der Waals surface area contributed by atoms with E-state index in [1.54, 1.807) is 0 Å². The first-order valence-corrected chi connectivity index (χ1v) is 13.1. The Bertz CT molecular complexity index is 1770. The van der Waals surface area contributed by atoms with Gasteiger partial charge in [0, 0.05) is 33.0 Å². The second-order valence-corrected chi connectivity index (χ2v) is 10.3. The minimum absolute atomic E-state index is 0.939. The number of fused-ring (bicyclic) bond motifs is 2. The molecule has 2 aromatic heterocycles. The molecule has 0 amide bonds. The lowest BCUT2D eigenvalue weighted by atomic mass is 9.98. The monoisotopic (exact) mass is 484 g/mol. The van der Waals surface area contributed by atoms with E-state index < -0.39 is 0 Å². The highest BCUT2D eigenvalue weighted by molar-refractivity contribution is 5.90. The van der Waals surface area contributed by atoms with E-state index in [1.807, 2.05) is 0 Å². The Balaban J connectivity index is 1.32. The average Bonchev–Trinajstić information content (AvgIpc) is 3.41. The molecule has 0 aliphatic heterocycles. The summed E-state index contributed by atoms with van der Waals surface area (Å²) >= 11 is 0. The van der Waals surface area contributed by atoms with Gasteiger partial charge in [-0.3, -0.25) is 0 Å². The van der Waals surface area contributed by atoms with Gasteiger partial charge in [-0.1, -0.05) is 55.5 Å². The van der Waals surface area contributed by atoms with Crippen molar-refractivity contribution in [1.82, 2.24) is 0 Å². The highest BCUT2D eigenvalue weighted by Crippen LogP contribution is 2.38. The van der Waals surface area contributed by atoms with Crippen molar-refractivity contribution in [2.75, 3.05) is 0 Å². The first-order chi connectivity index (χ1) is 17.8. The Morgan fingerprint density at radius 1 is 0.486 bits per heavy atom. The highest BCUT2D eigenvalue weighted by Gasteiger charge is 2.16. The molecule has 0 bridgehead atoms. The van der Waals surface area contributed by atoms with Crippen LogP contribution < -0.4 is 0 Å². The van der Waals surface area contributed by atoms with Crippen LogP contribution in [0.1, 0.15) is 40.3 Å². The molecule has 0 aliphatic carbocycles. The topological polar surface area (TPSA) is 26.3 Å². The van der Waals surface area contributed by atoms with Crippen molar-refractivity contribution >= 4 is 21.9 Å². The van der Waals surface area contributed by atoms with E-state index in [0.29, 0.717) is 0 Å². The summed E-state index contributed by atoms with van der Waals surface area (Å²) in [5, 5.41) is 2.42. The van der Waals surface area contributed by atoms with E-state index in [4.69, 9.17) is 8.83 Å². The maximum Gasteiger partial charge on any atom is 0.138 e. The first kappa shape index (κ1) is 23.4. The van der Waals surface area contributed by atoms with Gasteiger partial charge in [-0.25, -0.2) is 0 Å². The van der Waals surface area contributed by atoms with E-state index in [1.165, 1.54) is 55.3 Å². The van der Waals surface area contributed by atoms with Crippen LogP contribution in [0.25, 0.3) is 55.7 Å². The summed E-state index contributed by atoms with van der Waals surface area (Å²) in [7, 11) is 0. The first-order valence-electron chi connectivity index (χ1n) is 13.1. The number of benzene rings is 4. The molecule has 6 aromatic rings. The normalized spacial score (nSPS) is 11.6. The van der Waals surface area contributed by atoms with Gasteiger partial charge in [0.2, 0.25) is 0 Å². The number of hydrogen-bond acceptors (Lipinski definition) is 2. The molecule has 2 nitrogen and oxygen atoms in total. The number of hydrogen-bond donors (Lipinski definition) is 0. The van der Waals surface area contributed by atoms with Crippen molar-refractivity contribution in [1.29, 1.82) is 0 Å². The molecule has 0 atom stereocenters. The molecule has 0 spiro atoms. The van der Waals surface area contributed by atoms with Crippen LogP contribution >= 0.6 is 0 Å². The second-order valence-electron chi connectivity index (χ2n) is 10.3. The van der Waals surface area contributed by atoms with Gasteiger partial charge in [0.15, 0.2) is 0 Å². The molecule has 6 rings (SSSR count). The second kappa shape index (κ2) is 8.81. The van der Waals surface area contributed by atoms with Crippen molar-refractivity contribution in [3.63, 3.8) is 0 Å². The molecule has 0 fully saturated rings. The third-order valence-electron chi connectivity index (χ3n) is 7.94. The molecule has 0 unspecified atom stereocenters. The molecule has 0 N–H and O–H groups in total. The Kier molecular flexibility index (Phi) is 5.56. The zero-order chi connectivity index (χ0) is 25.8. The Morgan fingerprint density at radius 3 is 1.43 bits per heavy atom. The summed E-state index contributed by atoms with van der Waals surface area (Å²) in [6.07, 6.45) is 0.939. The largest absolute Gasteiger partial charge is 0.456 e. The lowest BCUT2D eigenvalue weighted by Gasteiger charge is -2.06. The van der Waals surface area contributed by atoms with Gasteiger partial charge in [0.05, 0.1) is 0 Å². The van der Waals surface area contributed by atoms with Crippen LogP contribution in [0.4, 0.5) is 0 Å². The highest BCUT2D eigenvalue weighted by atomic mass is 16.3. The molecule has 0 radical (unpaired) electrons. The fraction of sp³-hybridized carbons (Fsp3) is 0.200. The molecular weight excluding hydrogens is 452 g/mol. The maximum atomic E-state index is 6.36. The zero-order valence-electron chi connectivity index (χ0n) is 22.5. The van der Waals surface area contributed by atoms with Gasteiger partial charge >= 0.3 is 0 Å². The fourth-order valence-electron chi connectivity index (χ4n) is 5.37. The van der Waals surface area contributed by atoms with Crippen molar-refractivity contribution < 1.29 is 8.83 Å². The summed E-state index contributed by atoms with van der Waals surface area (Å²) in [6, 6.07) is 26.2. The van der Waals surface area contributed by atoms with Crippen LogP contribution in [0.15, 0.2) is 81.6 Å². The number of rotatable bonds is 4. The summed E-state index contributed by atoms with van der Waals surface area (Å²) in [5.74, 6) is 1.93. The van der Waals surface area contributed by atoms with Crippen LogP contribution in [0, 0.1) is 34.6 Å². The number of aryl methyl sites for hydroxylation is 6. The minimum Gasteiger partial charge on any atom is -0.456 e. The lowest BCUT2D eigenvalue weighted by molar-refractivity contribution is 0.627. The van der Waals surface area contributed by atoms with Crippen LogP contribution in [0.3, 0.4) is 0 Å². The van der Waals surface area contributed by atoms with Gasteiger partial charge in [-0.2, -0.15) is 0 Å². The van der Waals surface area contributed by atoms with Crippen molar-refractivity contribution in [2.45, 2.75) is 48.0 Å². The van der Waals surface area contributed by atoms with Gasteiger partial charge in [-0.05, 0) is 98.7 Å². The van der Waals surface area contributed by atoms with Crippen LogP contribution in [0.2, 0.25) is 0 Å². The van der Waals surface area contributed by atoms with Gasteiger partial charge < -0.3 is 8.83 Å². The Morgan fingerprint density at radius 2 is 0.892 bits per heavy atom. The fourth-order valence-corrected chi connectivity index (χ4v) is 5.37. The molecule has 0 aliphatic rings.